The topological polar surface area (TPSA) is 108 Å². The van der Waals surface area contributed by atoms with Crippen molar-refractivity contribution in [3.8, 4) is 0 Å². The van der Waals surface area contributed by atoms with Gasteiger partial charge in [-0.2, -0.15) is 0 Å². The van der Waals surface area contributed by atoms with Crippen LogP contribution in [0.4, 0.5) is 0 Å². The zero-order valence-electron chi connectivity index (χ0n) is 60.1. The fraction of sp³-hybridized carbons (Fsp3) is 0.571. The van der Waals surface area contributed by atoms with Gasteiger partial charge in [0.2, 0.25) is 0 Å². The van der Waals surface area contributed by atoms with Crippen LogP contribution in [0.2, 0.25) is 0 Å². The lowest BCUT2D eigenvalue weighted by atomic mass is 10.1. The first kappa shape index (κ1) is 88.6. The smallest absolute Gasteiger partial charge is 0.462 e. The van der Waals surface area contributed by atoms with E-state index in [1.807, 2.05) is 21.1 Å². The quantitative estimate of drug-likeness (QED) is 0.0211. The summed E-state index contributed by atoms with van der Waals surface area (Å²) in [5.74, 6) is -0.827. The largest absolute Gasteiger partial charge is 0.472 e. The van der Waals surface area contributed by atoms with Crippen LogP contribution in [0, 0.1) is 0 Å². The Morgan fingerprint density at radius 2 is 0.574 bits per heavy atom. The Morgan fingerprint density at radius 3 is 0.851 bits per heavy atom. The average Bonchev–Trinajstić information content (AvgIpc) is 1.56. The summed E-state index contributed by atoms with van der Waals surface area (Å²) >= 11 is 0. The van der Waals surface area contributed by atoms with E-state index in [4.69, 9.17) is 18.5 Å². The summed E-state index contributed by atoms with van der Waals surface area (Å²) in [6, 6.07) is 0. The van der Waals surface area contributed by atoms with Crippen molar-refractivity contribution in [2.24, 2.45) is 0 Å². The third-order valence-corrected chi connectivity index (χ3v) is 15.8. The number of likely N-dealkylation sites (N-methyl/N-ethyl adjacent to an activating group) is 1. The molecule has 2 unspecified atom stereocenters. The first-order valence-electron chi connectivity index (χ1n) is 36.8. The normalized spacial score (nSPS) is 14.3. The molecule has 9 nitrogen and oxygen atoms in total. The Kier molecular flexibility index (Phi) is 67.7. The molecule has 0 saturated carbocycles. The van der Waals surface area contributed by atoms with Gasteiger partial charge >= 0.3 is 19.8 Å². The third-order valence-electron chi connectivity index (χ3n) is 14.8. The van der Waals surface area contributed by atoms with Crippen LogP contribution in [-0.4, -0.2) is 74.9 Å². The standard InChI is InChI=1S/C84H134NO8P/c1-6-8-10-12-14-16-18-20-22-24-26-28-30-32-34-36-38-39-40-41-42-43-44-45-47-49-51-53-55-57-59-61-63-65-67-69-71-73-75-77-84(87)93-82(81-92-94(88,89)91-79-78-85(3,4)5)80-90-83(86)76-74-72-70-68-66-64-62-60-58-56-54-52-50-48-46-37-35-33-31-29-27-25-23-21-19-17-15-13-11-9-7-2/h8-11,14-17,20-23,26-29,32-35,38-39,41-42,44-46,48-49,51-52,54-55,57,82H,6-7,12-13,18-19,24-25,30-31,36-37,40,43,47,50,53,56,58-81H2,1-5H3/p+1/b10-8-,11-9-,16-14-,17-15-,22-20-,23-21-,28-26-,29-27-,34-32-,35-33-,39-38-,42-41-,45-44-,48-46-,51-49-,54-52-,57-55-. The molecule has 0 radical (unpaired) electrons. The third kappa shape index (κ3) is 75.6. The van der Waals surface area contributed by atoms with Crippen molar-refractivity contribution < 1.29 is 42.1 Å². The summed E-state index contributed by atoms with van der Waals surface area (Å²) in [6.07, 6.45) is 114. The van der Waals surface area contributed by atoms with E-state index >= 15 is 0 Å². The lowest BCUT2D eigenvalue weighted by Crippen LogP contribution is -2.37. The molecule has 0 bridgehead atoms. The van der Waals surface area contributed by atoms with Crippen LogP contribution in [-0.2, 0) is 32.7 Å². The molecule has 0 aliphatic rings. The van der Waals surface area contributed by atoms with Crippen LogP contribution in [0.3, 0.4) is 0 Å². The van der Waals surface area contributed by atoms with Crippen molar-refractivity contribution in [2.75, 3.05) is 47.5 Å². The van der Waals surface area contributed by atoms with Crippen LogP contribution < -0.4 is 0 Å². The number of esters is 2. The molecule has 528 valence electrons. The second-order valence-electron chi connectivity index (χ2n) is 24.9. The molecule has 94 heavy (non-hydrogen) atoms. The molecule has 0 aliphatic heterocycles. The zero-order chi connectivity index (χ0) is 68.3. The lowest BCUT2D eigenvalue weighted by molar-refractivity contribution is -0.870. The van der Waals surface area contributed by atoms with Gasteiger partial charge in [0.25, 0.3) is 0 Å². The SMILES string of the molecule is CC/C=C\C/C=C\C/C=C\C/C=C\C/C=C\C/C=C\C/C=C\C/C=C\C/C=C\C/C=C\CCCCCCCCCCC(=O)OC(COC(=O)CCCCCCCCCCC/C=C\C/C=C\C/C=C\C/C=C\C/C=C\C/C=C\C/C=C\CC)COP(=O)(O)OCC[N+](C)(C)C. The molecular weight excluding hydrogens is 1180 g/mol. The summed E-state index contributed by atoms with van der Waals surface area (Å²) in [4.78, 5) is 35.9. The molecule has 0 fully saturated rings. The van der Waals surface area contributed by atoms with Crippen molar-refractivity contribution >= 4 is 19.8 Å². The van der Waals surface area contributed by atoms with E-state index in [1.165, 1.54) is 57.8 Å². The number of carbonyl (C=O) groups excluding carboxylic acids is 2. The predicted molar refractivity (Wildman–Crippen MR) is 408 cm³/mol. The molecule has 0 aromatic rings. The molecule has 0 heterocycles. The molecule has 0 amide bonds. The number of quaternary nitrogens is 1. The highest BCUT2D eigenvalue weighted by Crippen LogP contribution is 2.43. The number of hydrogen-bond donors (Lipinski definition) is 1. The van der Waals surface area contributed by atoms with Crippen molar-refractivity contribution in [1.29, 1.82) is 0 Å². The summed E-state index contributed by atoms with van der Waals surface area (Å²) in [5.41, 5.74) is 0. The highest BCUT2D eigenvalue weighted by Gasteiger charge is 2.27. The zero-order valence-corrected chi connectivity index (χ0v) is 61.0. The van der Waals surface area contributed by atoms with E-state index in [9.17, 15) is 19.0 Å². The van der Waals surface area contributed by atoms with Crippen LogP contribution in [0.1, 0.15) is 258 Å². The Balaban J connectivity index is 4.16. The van der Waals surface area contributed by atoms with Gasteiger partial charge in [0, 0.05) is 12.8 Å². The number of rotatable bonds is 65. The minimum Gasteiger partial charge on any atom is -0.462 e. The molecule has 0 aliphatic carbocycles. The number of ether oxygens (including phenoxy) is 2. The highest BCUT2D eigenvalue weighted by molar-refractivity contribution is 7.47. The Labute approximate surface area is 576 Å². The van der Waals surface area contributed by atoms with Gasteiger partial charge < -0.3 is 18.9 Å². The van der Waals surface area contributed by atoms with E-state index in [-0.39, 0.29) is 32.0 Å². The highest BCUT2D eigenvalue weighted by atomic mass is 31.2. The van der Waals surface area contributed by atoms with Crippen molar-refractivity contribution in [1.82, 2.24) is 0 Å². The van der Waals surface area contributed by atoms with Gasteiger partial charge in [0.1, 0.15) is 19.8 Å². The molecule has 0 spiro atoms. The molecule has 1 N–H and O–H groups in total. The average molecular weight is 1320 g/mol. The second kappa shape index (κ2) is 71.9. The number of carbonyl (C=O) groups is 2. The summed E-state index contributed by atoms with van der Waals surface area (Å²) in [7, 11) is 1.44. The number of unbranched alkanes of at least 4 members (excludes halogenated alkanes) is 17. The van der Waals surface area contributed by atoms with Crippen molar-refractivity contribution in [2.45, 2.75) is 264 Å². The number of phosphoric ester groups is 1. The van der Waals surface area contributed by atoms with Gasteiger partial charge in [0.15, 0.2) is 6.10 Å². The number of hydrogen-bond acceptors (Lipinski definition) is 7. The van der Waals surface area contributed by atoms with Gasteiger partial charge in [-0.25, -0.2) is 4.57 Å². The van der Waals surface area contributed by atoms with Gasteiger partial charge in [-0.1, -0.05) is 304 Å². The van der Waals surface area contributed by atoms with Crippen LogP contribution in [0.5, 0.6) is 0 Å². The van der Waals surface area contributed by atoms with E-state index in [1.54, 1.807) is 0 Å². The Morgan fingerprint density at radius 1 is 0.330 bits per heavy atom. The van der Waals surface area contributed by atoms with E-state index in [0.29, 0.717) is 17.4 Å². The molecule has 10 heteroatoms. The molecule has 0 rings (SSSR count). The van der Waals surface area contributed by atoms with Crippen LogP contribution in [0.25, 0.3) is 0 Å². The lowest BCUT2D eigenvalue weighted by Gasteiger charge is -2.24. The monoisotopic (exact) mass is 1320 g/mol. The molecule has 2 atom stereocenters. The minimum atomic E-state index is -4.41. The molecular formula is C84H135NO8P+. The van der Waals surface area contributed by atoms with Gasteiger partial charge in [-0.15, -0.1) is 0 Å². The van der Waals surface area contributed by atoms with E-state index in [0.717, 1.165) is 167 Å². The maximum atomic E-state index is 12.9. The number of allylic oxidation sites excluding steroid dienone is 34. The first-order valence-corrected chi connectivity index (χ1v) is 38.3. The summed E-state index contributed by atoms with van der Waals surface area (Å²) in [5, 5.41) is 0. The van der Waals surface area contributed by atoms with Gasteiger partial charge in [0.05, 0.1) is 27.7 Å². The summed E-state index contributed by atoms with van der Waals surface area (Å²) < 4.78 is 34.7. The van der Waals surface area contributed by atoms with Crippen molar-refractivity contribution in [3.63, 3.8) is 0 Å². The maximum absolute atomic E-state index is 12.9. The number of phosphoric acid groups is 1. The maximum Gasteiger partial charge on any atom is 0.472 e. The van der Waals surface area contributed by atoms with Crippen LogP contribution in [0.15, 0.2) is 207 Å². The Hall–Kier alpha value is -5.41. The van der Waals surface area contributed by atoms with Crippen LogP contribution >= 0.6 is 7.82 Å². The number of nitrogens with zero attached hydrogens (tertiary/aromatic N) is 1. The minimum absolute atomic E-state index is 0.0179. The predicted octanol–water partition coefficient (Wildman–Crippen LogP) is 24.6. The fourth-order valence-corrected chi connectivity index (χ4v) is 10.0. The summed E-state index contributed by atoms with van der Waals surface area (Å²) in [6.45, 7) is 4.17. The van der Waals surface area contributed by atoms with E-state index in [2.05, 4.69) is 220 Å². The molecule has 0 aromatic heterocycles. The van der Waals surface area contributed by atoms with E-state index < -0.39 is 26.5 Å². The fourth-order valence-electron chi connectivity index (χ4n) is 9.26. The second-order valence-corrected chi connectivity index (χ2v) is 26.3. The molecule has 0 aromatic carbocycles. The van der Waals surface area contributed by atoms with Gasteiger partial charge in [-0.3, -0.25) is 18.6 Å². The van der Waals surface area contributed by atoms with Gasteiger partial charge in [-0.05, 0) is 148 Å². The molecule has 0 saturated heterocycles. The first-order chi connectivity index (χ1) is 46.0. The Bertz CT molecular complexity index is 2340. The van der Waals surface area contributed by atoms with Crippen molar-refractivity contribution in [3.05, 3.63) is 207 Å².